The van der Waals surface area contributed by atoms with Gasteiger partial charge in [-0.1, -0.05) is 23.2 Å². The van der Waals surface area contributed by atoms with Gasteiger partial charge in [-0.25, -0.2) is 4.68 Å². The van der Waals surface area contributed by atoms with E-state index in [2.05, 4.69) is 10.4 Å². The zero-order valence-electron chi connectivity index (χ0n) is 11.3. The Morgan fingerprint density at radius 1 is 0.955 bits per heavy atom. The zero-order chi connectivity index (χ0) is 15.5. The molecule has 4 nitrogen and oxygen atoms in total. The number of halogens is 2. The van der Waals surface area contributed by atoms with Crippen LogP contribution in [0.2, 0.25) is 10.0 Å². The van der Waals surface area contributed by atoms with Crippen LogP contribution in [0.15, 0.2) is 60.9 Å². The van der Waals surface area contributed by atoms with E-state index in [1.807, 2.05) is 12.1 Å². The summed E-state index contributed by atoms with van der Waals surface area (Å²) in [5.41, 5.74) is 1.97. The van der Waals surface area contributed by atoms with Crippen LogP contribution in [0.1, 0.15) is 10.4 Å². The Labute approximate surface area is 137 Å². The van der Waals surface area contributed by atoms with Crippen molar-refractivity contribution >= 4 is 34.8 Å². The first-order chi connectivity index (χ1) is 10.6. The minimum atomic E-state index is -0.234. The van der Waals surface area contributed by atoms with Crippen LogP contribution in [0.4, 0.5) is 5.69 Å². The molecule has 2 aromatic carbocycles. The molecule has 110 valence electrons. The fourth-order valence-corrected chi connectivity index (χ4v) is 2.16. The van der Waals surface area contributed by atoms with E-state index in [0.29, 0.717) is 21.3 Å². The number of nitrogens with zero attached hydrogens (tertiary/aromatic N) is 2. The summed E-state index contributed by atoms with van der Waals surface area (Å²) in [6.45, 7) is 0. The van der Waals surface area contributed by atoms with E-state index >= 15 is 0 Å². The highest BCUT2D eigenvalue weighted by molar-refractivity contribution is 6.30. The molecule has 3 rings (SSSR count). The second kappa shape index (κ2) is 6.22. The Kier molecular flexibility index (Phi) is 4.13. The molecule has 0 unspecified atom stereocenters. The number of rotatable bonds is 3. The molecule has 0 aliphatic rings. The van der Waals surface area contributed by atoms with Crippen LogP contribution in [0.25, 0.3) is 5.69 Å². The minimum Gasteiger partial charge on any atom is -0.322 e. The first kappa shape index (κ1) is 14.6. The second-order valence-corrected chi connectivity index (χ2v) is 5.48. The molecule has 1 N–H and O–H groups in total. The zero-order valence-corrected chi connectivity index (χ0v) is 12.8. The lowest BCUT2D eigenvalue weighted by molar-refractivity contribution is 0.102. The molecule has 0 aliphatic carbocycles. The maximum absolute atomic E-state index is 12.2. The smallest absolute Gasteiger partial charge is 0.258 e. The van der Waals surface area contributed by atoms with Crippen molar-refractivity contribution in [3.05, 3.63) is 76.5 Å². The number of amides is 1. The molecule has 0 bridgehead atoms. The minimum absolute atomic E-state index is 0.234. The summed E-state index contributed by atoms with van der Waals surface area (Å²) >= 11 is 11.7. The lowest BCUT2D eigenvalue weighted by atomic mass is 10.3. The fourth-order valence-electron chi connectivity index (χ4n) is 1.91. The summed E-state index contributed by atoms with van der Waals surface area (Å²) in [6, 6.07) is 14.1. The van der Waals surface area contributed by atoms with Gasteiger partial charge in [0.15, 0.2) is 0 Å². The summed E-state index contributed by atoms with van der Waals surface area (Å²) in [4.78, 5) is 12.2. The van der Waals surface area contributed by atoms with Gasteiger partial charge in [-0.05, 0) is 48.5 Å². The summed E-state index contributed by atoms with van der Waals surface area (Å²) < 4.78 is 1.62. The average molecular weight is 332 g/mol. The van der Waals surface area contributed by atoms with Crippen molar-refractivity contribution in [1.29, 1.82) is 0 Å². The van der Waals surface area contributed by atoms with Crippen LogP contribution in [0.5, 0.6) is 0 Å². The normalized spacial score (nSPS) is 10.5. The molecular weight excluding hydrogens is 321 g/mol. The molecular formula is C16H11Cl2N3O. The van der Waals surface area contributed by atoms with Crippen molar-refractivity contribution in [2.75, 3.05) is 5.32 Å². The predicted octanol–water partition coefficient (Wildman–Crippen LogP) is 4.43. The van der Waals surface area contributed by atoms with Gasteiger partial charge in [0, 0.05) is 21.9 Å². The Morgan fingerprint density at radius 3 is 2.18 bits per heavy atom. The maximum Gasteiger partial charge on any atom is 0.258 e. The summed E-state index contributed by atoms with van der Waals surface area (Å²) in [5, 5.41) is 8.24. The highest BCUT2D eigenvalue weighted by atomic mass is 35.5. The van der Waals surface area contributed by atoms with Crippen LogP contribution in [0, 0.1) is 0 Å². The monoisotopic (exact) mass is 331 g/mol. The number of hydrogen-bond donors (Lipinski definition) is 1. The van der Waals surface area contributed by atoms with E-state index in [9.17, 15) is 4.79 Å². The Bertz CT molecular complexity index is 795. The SMILES string of the molecule is O=C(Nc1ccc(Cl)cc1)c1cnn(-c2ccc(Cl)cc2)c1. The summed E-state index contributed by atoms with van der Waals surface area (Å²) in [5.74, 6) is -0.234. The number of carbonyl (C=O) groups excluding carboxylic acids is 1. The van der Waals surface area contributed by atoms with Gasteiger partial charge in [0.05, 0.1) is 17.4 Å². The van der Waals surface area contributed by atoms with Gasteiger partial charge in [-0.15, -0.1) is 0 Å². The molecule has 0 saturated heterocycles. The number of hydrogen-bond acceptors (Lipinski definition) is 2. The van der Waals surface area contributed by atoms with Gasteiger partial charge in [-0.3, -0.25) is 4.79 Å². The lowest BCUT2D eigenvalue weighted by Crippen LogP contribution is -2.10. The van der Waals surface area contributed by atoms with Crippen molar-refractivity contribution in [2.24, 2.45) is 0 Å². The molecule has 0 aliphatic heterocycles. The molecule has 1 amide bonds. The van der Waals surface area contributed by atoms with E-state index in [1.54, 1.807) is 47.3 Å². The van der Waals surface area contributed by atoms with Crippen LogP contribution in [-0.2, 0) is 0 Å². The topological polar surface area (TPSA) is 46.9 Å². The molecule has 22 heavy (non-hydrogen) atoms. The van der Waals surface area contributed by atoms with Crippen molar-refractivity contribution in [2.45, 2.75) is 0 Å². The average Bonchev–Trinajstić information content (AvgIpc) is 3.00. The van der Waals surface area contributed by atoms with Gasteiger partial charge >= 0.3 is 0 Å². The number of benzene rings is 2. The third kappa shape index (κ3) is 3.30. The van der Waals surface area contributed by atoms with Crippen molar-refractivity contribution in [3.63, 3.8) is 0 Å². The third-order valence-electron chi connectivity index (χ3n) is 3.04. The Hall–Kier alpha value is -2.30. The Morgan fingerprint density at radius 2 is 1.55 bits per heavy atom. The molecule has 0 fully saturated rings. The largest absolute Gasteiger partial charge is 0.322 e. The number of nitrogens with one attached hydrogen (secondary N) is 1. The molecule has 1 heterocycles. The summed E-state index contributed by atoms with van der Waals surface area (Å²) in [6.07, 6.45) is 3.17. The fraction of sp³-hybridized carbons (Fsp3) is 0. The molecule has 0 spiro atoms. The van der Waals surface area contributed by atoms with Crippen LogP contribution < -0.4 is 5.32 Å². The molecule has 0 radical (unpaired) electrons. The first-order valence-electron chi connectivity index (χ1n) is 6.49. The van der Waals surface area contributed by atoms with E-state index in [-0.39, 0.29) is 5.91 Å². The number of carbonyl (C=O) groups is 1. The molecule has 0 saturated carbocycles. The van der Waals surface area contributed by atoms with Crippen molar-refractivity contribution in [1.82, 2.24) is 9.78 Å². The van der Waals surface area contributed by atoms with E-state index in [1.165, 1.54) is 6.20 Å². The van der Waals surface area contributed by atoms with Gasteiger partial charge < -0.3 is 5.32 Å². The lowest BCUT2D eigenvalue weighted by Gasteiger charge is -2.03. The van der Waals surface area contributed by atoms with E-state index in [0.717, 1.165) is 5.69 Å². The highest BCUT2D eigenvalue weighted by Gasteiger charge is 2.09. The quantitative estimate of drug-likeness (QED) is 0.771. The predicted molar refractivity (Wildman–Crippen MR) is 88.0 cm³/mol. The van der Waals surface area contributed by atoms with Gasteiger partial charge in [0.1, 0.15) is 0 Å². The van der Waals surface area contributed by atoms with Crippen LogP contribution in [0.3, 0.4) is 0 Å². The maximum atomic E-state index is 12.2. The number of anilines is 1. The Balaban J connectivity index is 1.76. The summed E-state index contributed by atoms with van der Waals surface area (Å²) in [7, 11) is 0. The van der Waals surface area contributed by atoms with Crippen molar-refractivity contribution in [3.8, 4) is 5.69 Å². The van der Waals surface area contributed by atoms with Crippen LogP contribution >= 0.6 is 23.2 Å². The molecule has 0 atom stereocenters. The molecule has 3 aromatic rings. The number of aromatic nitrogens is 2. The second-order valence-electron chi connectivity index (χ2n) is 4.61. The van der Waals surface area contributed by atoms with Gasteiger partial charge in [-0.2, -0.15) is 5.10 Å². The molecule has 1 aromatic heterocycles. The van der Waals surface area contributed by atoms with E-state index < -0.39 is 0 Å². The molecule has 6 heteroatoms. The third-order valence-corrected chi connectivity index (χ3v) is 3.54. The van der Waals surface area contributed by atoms with Crippen LogP contribution in [-0.4, -0.2) is 15.7 Å². The first-order valence-corrected chi connectivity index (χ1v) is 7.25. The van der Waals surface area contributed by atoms with E-state index in [4.69, 9.17) is 23.2 Å². The highest BCUT2D eigenvalue weighted by Crippen LogP contribution is 2.16. The van der Waals surface area contributed by atoms with Crippen molar-refractivity contribution < 1.29 is 4.79 Å². The van der Waals surface area contributed by atoms with Gasteiger partial charge in [0.25, 0.3) is 5.91 Å². The standard InChI is InChI=1S/C16H11Cl2N3O/c17-12-1-5-14(6-2-12)20-16(22)11-9-19-21(10-11)15-7-3-13(18)4-8-15/h1-10H,(H,20,22). The van der Waals surface area contributed by atoms with Gasteiger partial charge in [0.2, 0.25) is 0 Å².